The Balaban J connectivity index is 1.79. The Kier molecular flexibility index (Phi) is 4.42. The molecule has 1 unspecified atom stereocenters. The van der Waals surface area contributed by atoms with Gasteiger partial charge in [-0.15, -0.1) is 0 Å². The first-order chi connectivity index (χ1) is 11.6. The minimum absolute atomic E-state index is 0.102. The fourth-order valence-electron chi connectivity index (χ4n) is 2.63. The molecule has 0 fully saturated rings. The van der Waals surface area contributed by atoms with Crippen LogP contribution in [0.1, 0.15) is 18.1 Å². The van der Waals surface area contributed by atoms with Gasteiger partial charge in [0.1, 0.15) is 18.2 Å². The van der Waals surface area contributed by atoms with E-state index in [9.17, 15) is 4.79 Å². The van der Waals surface area contributed by atoms with Crippen LogP contribution in [0.4, 0.5) is 11.5 Å². The van der Waals surface area contributed by atoms with E-state index in [2.05, 4.69) is 20.6 Å². The van der Waals surface area contributed by atoms with Crippen LogP contribution in [-0.4, -0.2) is 21.9 Å². The first kappa shape index (κ1) is 15.9. The van der Waals surface area contributed by atoms with E-state index in [1.54, 1.807) is 0 Å². The summed E-state index contributed by atoms with van der Waals surface area (Å²) in [5, 5.41) is 7.08. The van der Waals surface area contributed by atoms with Gasteiger partial charge in [-0.1, -0.05) is 30.3 Å². The van der Waals surface area contributed by atoms with Crippen molar-refractivity contribution in [1.29, 1.82) is 0 Å². The summed E-state index contributed by atoms with van der Waals surface area (Å²) in [5.74, 6) is 0.555. The number of anilines is 2. The van der Waals surface area contributed by atoms with Gasteiger partial charge in [0.2, 0.25) is 5.91 Å². The van der Waals surface area contributed by atoms with Crippen molar-refractivity contribution in [2.24, 2.45) is 0 Å². The average molecular weight is 320 g/mol. The topological polar surface area (TPSA) is 66.9 Å². The molecular weight excluding hydrogens is 300 g/mol. The molecule has 2 aromatic carbocycles. The van der Waals surface area contributed by atoms with Crippen LogP contribution in [0.2, 0.25) is 0 Å². The third-order valence-electron chi connectivity index (χ3n) is 4.02. The lowest BCUT2D eigenvalue weighted by molar-refractivity contribution is -0.116. The summed E-state index contributed by atoms with van der Waals surface area (Å²) in [6.45, 7) is 5.79. The van der Waals surface area contributed by atoms with E-state index in [1.807, 2.05) is 63.2 Å². The Hall–Kier alpha value is -2.95. The highest BCUT2D eigenvalue weighted by molar-refractivity contribution is 5.99. The van der Waals surface area contributed by atoms with E-state index in [1.165, 1.54) is 6.33 Å². The number of hydrogen-bond donors (Lipinski definition) is 2. The van der Waals surface area contributed by atoms with Gasteiger partial charge in [0.05, 0.1) is 5.52 Å². The lowest BCUT2D eigenvalue weighted by Gasteiger charge is -2.17. The van der Waals surface area contributed by atoms with Crippen LogP contribution in [0.15, 0.2) is 48.8 Å². The van der Waals surface area contributed by atoms with E-state index in [0.29, 0.717) is 5.82 Å². The Morgan fingerprint density at radius 2 is 1.71 bits per heavy atom. The van der Waals surface area contributed by atoms with Crippen molar-refractivity contribution in [3.63, 3.8) is 0 Å². The van der Waals surface area contributed by atoms with Crippen LogP contribution >= 0.6 is 0 Å². The van der Waals surface area contributed by atoms with Crippen LogP contribution in [0, 0.1) is 13.8 Å². The highest BCUT2D eigenvalue weighted by Crippen LogP contribution is 2.21. The van der Waals surface area contributed by atoms with E-state index in [4.69, 9.17) is 0 Å². The number of aryl methyl sites for hydroxylation is 2. The van der Waals surface area contributed by atoms with Crippen LogP contribution in [0.25, 0.3) is 10.9 Å². The maximum Gasteiger partial charge on any atom is 0.246 e. The van der Waals surface area contributed by atoms with Gasteiger partial charge >= 0.3 is 0 Å². The number of para-hydroxylation sites is 2. The summed E-state index contributed by atoms with van der Waals surface area (Å²) in [5.41, 5.74) is 3.80. The number of rotatable bonds is 4. The zero-order valence-electron chi connectivity index (χ0n) is 14.0. The second-order valence-corrected chi connectivity index (χ2v) is 5.86. The highest BCUT2D eigenvalue weighted by Gasteiger charge is 2.16. The van der Waals surface area contributed by atoms with E-state index >= 15 is 0 Å². The largest absolute Gasteiger partial charge is 0.358 e. The van der Waals surface area contributed by atoms with Gasteiger partial charge in [0.15, 0.2) is 0 Å². The third kappa shape index (κ3) is 3.20. The van der Waals surface area contributed by atoms with Gasteiger partial charge in [0.25, 0.3) is 0 Å². The van der Waals surface area contributed by atoms with Crippen LogP contribution in [-0.2, 0) is 4.79 Å². The molecule has 0 saturated carbocycles. The number of carbonyl (C=O) groups is 1. The lowest BCUT2D eigenvalue weighted by atomic mass is 10.1. The Morgan fingerprint density at radius 3 is 2.46 bits per heavy atom. The number of fused-ring (bicyclic) bond motifs is 1. The van der Waals surface area contributed by atoms with Crippen molar-refractivity contribution in [3.05, 3.63) is 59.9 Å². The predicted molar refractivity (Wildman–Crippen MR) is 97.2 cm³/mol. The molecule has 2 N–H and O–H groups in total. The number of amides is 1. The third-order valence-corrected chi connectivity index (χ3v) is 4.02. The molecule has 0 saturated heterocycles. The van der Waals surface area contributed by atoms with Gasteiger partial charge in [-0.05, 0) is 44.0 Å². The fourth-order valence-corrected chi connectivity index (χ4v) is 2.63. The summed E-state index contributed by atoms with van der Waals surface area (Å²) >= 11 is 0. The van der Waals surface area contributed by atoms with Crippen LogP contribution in [0.5, 0.6) is 0 Å². The Bertz CT molecular complexity index is 866. The van der Waals surface area contributed by atoms with Crippen LogP contribution in [0.3, 0.4) is 0 Å². The molecule has 5 nitrogen and oxygen atoms in total. The van der Waals surface area contributed by atoms with Crippen molar-refractivity contribution in [1.82, 2.24) is 9.97 Å². The summed E-state index contributed by atoms with van der Waals surface area (Å²) < 4.78 is 0. The van der Waals surface area contributed by atoms with Crippen LogP contribution < -0.4 is 10.6 Å². The van der Waals surface area contributed by atoms with Gasteiger partial charge in [-0.25, -0.2) is 9.97 Å². The number of nitrogens with one attached hydrogen (secondary N) is 2. The van der Waals surface area contributed by atoms with E-state index in [-0.39, 0.29) is 5.91 Å². The molecule has 0 spiro atoms. The molecule has 0 aliphatic carbocycles. The number of hydrogen-bond acceptors (Lipinski definition) is 4. The smallest absolute Gasteiger partial charge is 0.246 e. The molecule has 1 aromatic heterocycles. The zero-order chi connectivity index (χ0) is 17.1. The molecule has 1 heterocycles. The quantitative estimate of drug-likeness (QED) is 0.769. The first-order valence-electron chi connectivity index (χ1n) is 7.89. The SMILES string of the molecule is Cc1cccc(C)c1NC(=O)C(C)Nc1ncnc2ccccc12. The molecule has 1 atom stereocenters. The standard InChI is InChI=1S/C19H20N4O/c1-12-7-6-8-13(2)17(12)23-19(24)14(3)22-18-15-9-4-5-10-16(15)20-11-21-18/h4-11,14H,1-3H3,(H,23,24)(H,20,21,22). The number of aromatic nitrogens is 2. The fraction of sp³-hybridized carbons (Fsp3) is 0.211. The van der Waals surface area contributed by atoms with E-state index in [0.717, 1.165) is 27.7 Å². The first-order valence-corrected chi connectivity index (χ1v) is 7.89. The predicted octanol–water partition coefficient (Wildman–Crippen LogP) is 3.69. The molecule has 5 heteroatoms. The minimum Gasteiger partial charge on any atom is -0.358 e. The maximum atomic E-state index is 12.5. The van der Waals surface area contributed by atoms with Crippen molar-refractivity contribution in [3.8, 4) is 0 Å². The van der Waals surface area contributed by atoms with Crippen molar-refractivity contribution in [2.75, 3.05) is 10.6 Å². The normalized spacial score (nSPS) is 12.0. The lowest BCUT2D eigenvalue weighted by Crippen LogP contribution is -2.32. The molecule has 1 amide bonds. The average Bonchev–Trinajstić information content (AvgIpc) is 2.58. The molecule has 3 aromatic rings. The summed E-state index contributed by atoms with van der Waals surface area (Å²) in [7, 11) is 0. The maximum absolute atomic E-state index is 12.5. The second-order valence-electron chi connectivity index (χ2n) is 5.86. The van der Waals surface area contributed by atoms with Crippen molar-refractivity contribution < 1.29 is 4.79 Å². The van der Waals surface area contributed by atoms with Gasteiger partial charge < -0.3 is 10.6 Å². The molecule has 0 aliphatic heterocycles. The molecule has 24 heavy (non-hydrogen) atoms. The molecule has 122 valence electrons. The summed E-state index contributed by atoms with van der Waals surface area (Å²) in [6, 6.07) is 13.2. The minimum atomic E-state index is -0.428. The van der Waals surface area contributed by atoms with Crippen molar-refractivity contribution in [2.45, 2.75) is 26.8 Å². The molecule has 0 bridgehead atoms. The van der Waals surface area contributed by atoms with E-state index < -0.39 is 6.04 Å². The summed E-state index contributed by atoms with van der Waals surface area (Å²) in [6.07, 6.45) is 1.50. The van der Waals surface area contributed by atoms with Gasteiger partial charge in [-0.3, -0.25) is 4.79 Å². The Morgan fingerprint density at radius 1 is 1.00 bits per heavy atom. The number of benzene rings is 2. The van der Waals surface area contributed by atoms with Gasteiger partial charge in [-0.2, -0.15) is 0 Å². The number of nitrogens with zero attached hydrogens (tertiary/aromatic N) is 2. The van der Waals surface area contributed by atoms with Crippen molar-refractivity contribution >= 4 is 28.3 Å². The zero-order valence-corrected chi connectivity index (χ0v) is 14.0. The highest BCUT2D eigenvalue weighted by atomic mass is 16.2. The Labute approximate surface area is 141 Å². The molecule has 3 rings (SSSR count). The second kappa shape index (κ2) is 6.66. The molecule has 0 radical (unpaired) electrons. The number of carbonyl (C=O) groups excluding carboxylic acids is 1. The monoisotopic (exact) mass is 320 g/mol. The molecule has 0 aliphatic rings. The summed E-state index contributed by atoms with van der Waals surface area (Å²) in [4.78, 5) is 21.0. The molecular formula is C19H20N4O. The van der Waals surface area contributed by atoms with Gasteiger partial charge in [0, 0.05) is 11.1 Å².